The predicted molar refractivity (Wildman–Crippen MR) is 150 cm³/mol. The molecule has 40 heavy (non-hydrogen) atoms. The van der Waals surface area contributed by atoms with Crippen molar-refractivity contribution in [1.29, 1.82) is 0 Å². The van der Waals surface area contributed by atoms with E-state index in [4.69, 9.17) is 16.6 Å². The molecule has 9 nitrogen and oxygen atoms in total. The maximum absolute atomic E-state index is 14.3. The Kier molecular flexibility index (Phi) is 6.97. The Labute approximate surface area is 236 Å². The number of halogens is 2. The number of fused-ring (bicyclic) bond motifs is 1. The summed E-state index contributed by atoms with van der Waals surface area (Å²) in [6.07, 6.45) is 3.85. The van der Waals surface area contributed by atoms with Crippen molar-refractivity contribution in [3.8, 4) is 11.3 Å². The van der Waals surface area contributed by atoms with Crippen molar-refractivity contribution in [2.45, 2.75) is 25.4 Å². The summed E-state index contributed by atoms with van der Waals surface area (Å²) in [5, 5.41) is 9.35. The highest BCUT2D eigenvalue weighted by atomic mass is 35.5. The fourth-order valence-electron chi connectivity index (χ4n) is 5.01. The van der Waals surface area contributed by atoms with Crippen LogP contribution in [0.3, 0.4) is 0 Å². The van der Waals surface area contributed by atoms with Crippen LogP contribution < -0.4 is 0 Å². The first-order chi connectivity index (χ1) is 19.3. The number of carbonyl (C=O) groups excluding carboxylic acids is 2. The van der Waals surface area contributed by atoms with Crippen molar-refractivity contribution in [2.75, 3.05) is 40.3 Å². The topological polar surface area (TPSA) is 87.5 Å². The van der Waals surface area contributed by atoms with Crippen molar-refractivity contribution in [1.82, 2.24) is 34.7 Å². The van der Waals surface area contributed by atoms with E-state index >= 15 is 0 Å². The second-order valence-electron chi connectivity index (χ2n) is 10.7. The van der Waals surface area contributed by atoms with E-state index in [0.29, 0.717) is 71.8 Å². The average Bonchev–Trinajstić information content (AvgIpc) is 3.69. The summed E-state index contributed by atoms with van der Waals surface area (Å²) in [6, 6.07) is 12.3. The van der Waals surface area contributed by atoms with Crippen LogP contribution in [0.25, 0.3) is 22.2 Å². The van der Waals surface area contributed by atoms with Crippen LogP contribution in [0, 0.1) is 5.82 Å². The molecule has 0 atom stereocenters. The van der Waals surface area contributed by atoms with E-state index in [1.54, 1.807) is 57.1 Å². The highest BCUT2D eigenvalue weighted by Crippen LogP contribution is 2.34. The highest BCUT2D eigenvalue weighted by Gasteiger charge is 2.29. The quantitative estimate of drug-likeness (QED) is 0.349. The Balaban J connectivity index is 1.18. The molecule has 1 saturated heterocycles. The summed E-state index contributed by atoms with van der Waals surface area (Å²) in [5.74, 6) is -0.568. The van der Waals surface area contributed by atoms with Gasteiger partial charge in [-0.2, -0.15) is 0 Å². The Morgan fingerprint density at radius 2 is 1.73 bits per heavy atom. The fraction of sp³-hybridized carbons (Fsp3) is 0.345. The van der Waals surface area contributed by atoms with E-state index in [9.17, 15) is 14.0 Å². The molecule has 6 rings (SSSR count). The smallest absolute Gasteiger partial charge is 0.276 e. The minimum absolute atomic E-state index is 0.132. The minimum Gasteiger partial charge on any atom is -0.335 e. The molecule has 1 aliphatic carbocycles. The molecule has 2 aliphatic rings. The van der Waals surface area contributed by atoms with Gasteiger partial charge in [0.25, 0.3) is 11.8 Å². The lowest BCUT2D eigenvalue weighted by atomic mass is 10.0. The summed E-state index contributed by atoms with van der Waals surface area (Å²) >= 11 is 6.60. The second kappa shape index (κ2) is 10.6. The molecular formula is C29H29ClFN7O2. The van der Waals surface area contributed by atoms with Crippen LogP contribution in [0.15, 0.2) is 48.7 Å². The zero-order chi connectivity index (χ0) is 28.0. The lowest BCUT2D eigenvalue weighted by Gasteiger charge is -2.34. The number of piperazine rings is 1. The van der Waals surface area contributed by atoms with E-state index in [1.165, 1.54) is 6.07 Å². The molecule has 11 heteroatoms. The lowest BCUT2D eigenvalue weighted by Crippen LogP contribution is -2.50. The van der Waals surface area contributed by atoms with Crippen LogP contribution in [0.4, 0.5) is 4.39 Å². The van der Waals surface area contributed by atoms with Crippen molar-refractivity contribution in [3.05, 3.63) is 76.3 Å². The van der Waals surface area contributed by atoms with E-state index in [1.807, 2.05) is 19.0 Å². The van der Waals surface area contributed by atoms with Gasteiger partial charge in [-0.1, -0.05) is 22.9 Å². The Morgan fingerprint density at radius 1 is 1.00 bits per heavy atom. The zero-order valence-electron chi connectivity index (χ0n) is 22.3. The van der Waals surface area contributed by atoms with Crippen molar-refractivity contribution < 1.29 is 14.0 Å². The molecule has 0 spiro atoms. The number of carbonyl (C=O) groups is 2. The molecule has 0 N–H and O–H groups in total. The number of pyridine rings is 1. The molecule has 2 aromatic heterocycles. The summed E-state index contributed by atoms with van der Waals surface area (Å²) in [5.41, 5.74) is 3.33. The van der Waals surface area contributed by atoms with Gasteiger partial charge in [0.15, 0.2) is 5.69 Å². The fourth-order valence-corrected chi connectivity index (χ4v) is 5.28. The highest BCUT2D eigenvalue weighted by molar-refractivity contribution is 6.35. The van der Waals surface area contributed by atoms with Gasteiger partial charge in [-0.15, -0.1) is 5.10 Å². The molecule has 4 aromatic rings. The number of rotatable bonds is 6. The third-order valence-corrected chi connectivity index (χ3v) is 7.65. The molecule has 2 aromatic carbocycles. The van der Waals surface area contributed by atoms with Gasteiger partial charge in [0.2, 0.25) is 0 Å². The Morgan fingerprint density at radius 3 is 2.42 bits per heavy atom. The van der Waals surface area contributed by atoms with E-state index in [-0.39, 0.29) is 17.6 Å². The molecule has 2 fully saturated rings. The van der Waals surface area contributed by atoms with Gasteiger partial charge in [-0.3, -0.25) is 9.59 Å². The van der Waals surface area contributed by atoms with Crippen molar-refractivity contribution in [3.63, 3.8) is 0 Å². The Bertz CT molecular complexity index is 1610. The monoisotopic (exact) mass is 561 g/mol. The average molecular weight is 562 g/mol. The van der Waals surface area contributed by atoms with Crippen LogP contribution >= 0.6 is 11.6 Å². The van der Waals surface area contributed by atoms with Gasteiger partial charge in [0.05, 0.1) is 28.5 Å². The van der Waals surface area contributed by atoms with Gasteiger partial charge in [0, 0.05) is 54.8 Å². The van der Waals surface area contributed by atoms with Crippen molar-refractivity contribution in [2.24, 2.45) is 0 Å². The van der Waals surface area contributed by atoms with Gasteiger partial charge in [-0.05, 0) is 63.3 Å². The molecule has 0 bridgehead atoms. The van der Waals surface area contributed by atoms with E-state index in [0.717, 1.165) is 23.8 Å². The lowest BCUT2D eigenvalue weighted by molar-refractivity contribution is 0.0532. The summed E-state index contributed by atoms with van der Waals surface area (Å²) in [7, 11) is 3.77. The number of hydrogen-bond donors (Lipinski definition) is 0. The summed E-state index contributed by atoms with van der Waals surface area (Å²) in [4.78, 5) is 36.4. The molecule has 1 saturated carbocycles. The standard InChI is InChI=1S/C29H29ClFN7O2/c1-35(2)16-20-13-18(4-8-24(20)31)25-15-23(30)22-7-3-19(14-26(22)32-25)28(39)36-9-11-37(12-10-36)29(40)27-17-38(34-33-27)21-5-6-21/h3-4,7-8,13-15,17,21H,5-6,9-12,16H2,1-2H3. The number of hydrogen-bond acceptors (Lipinski definition) is 6. The zero-order valence-corrected chi connectivity index (χ0v) is 23.1. The molecule has 206 valence electrons. The number of nitrogens with zero attached hydrogens (tertiary/aromatic N) is 7. The van der Waals surface area contributed by atoms with Gasteiger partial charge in [0.1, 0.15) is 5.82 Å². The van der Waals surface area contributed by atoms with E-state index < -0.39 is 0 Å². The largest absolute Gasteiger partial charge is 0.335 e. The maximum atomic E-state index is 14.3. The molecule has 0 radical (unpaired) electrons. The van der Waals surface area contributed by atoms with Crippen LogP contribution in [0.2, 0.25) is 5.02 Å². The van der Waals surface area contributed by atoms with Crippen LogP contribution in [0.1, 0.15) is 45.3 Å². The summed E-state index contributed by atoms with van der Waals surface area (Å²) < 4.78 is 16.1. The number of amides is 2. The first-order valence-corrected chi connectivity index (χ1v) is 13.7. The van der Waals surface area contributed by atoms with Gasteiger partial charge in [-0.25, -0.2) is 14.1 Å². The van der Waals surface area contributed by atoms with E-state index in [2.05, 4.69) is 10.3 Å². The SMILES string of the molecule is CN(C)Cc1cc(-c2cc(Cl)c3ccc(C(=O)N4CCN(C(=O)c5cn(C6CC6)nn5)CC4)cc3n2)ccc1F. The van der Waals surface area contributed by atoms with Crippen LogP contribution in [-0.4, -0.2) is 86.8 Å². The molecule has 2 amide bonds. The maximum Gasteiger partial charge on any atom is 0.276 e. The normalized spacial score (nSPS) is 15.7. The molecular weight excluding hydrogens is 533 g/mol. The van der Waals surface area contributed by atoms with Crippen LogP contribution in [0.5, 0.6) is 0 Å². The number of aromatic nitrogens is 4. The minimum atomic E-state index is -0.274. The Hall–Kier alpha value is -3.89. The third-order valence-electron chi connectivity index (χ3n) is 7.34. The first-order valence-electron chi connectivity index (χ1n) is 13.3. The van der Waals surface area contributed by atoms with Crippen molar-refractivity contribution >= 4 is 34.3 Å². The van der Waals surface area contributed by atoms with Crippen LogP contribution in [-0.2, 0) is 6.54 Å². The van der Waals surface area contributed by atoms with Gasteiger partial charge >= 0.3 is 0 Å². The molecule has 1 aliphatic heterocycles. The first kappa shape index (κ1) is 26.3. The molecule has 0 unspecified atom stereocenters. The van der Waals surface area contributed by atoms with Gasteiger partial charge < -0.3 is 14.7 Å². The third kappa shape index (κ3) is 5.29. The predicted octanol–water partition coefficient (Wildman–Crippen LogP) is 4.28. The summed E-state index contributed by atoms with van der Waals surface area (Å²) in [6.45, 7) is 2.12. The second-order valence-corrected chi connectivity index (χ2v) is 11.1. The molecule has 3 heterocycles. The number of benzene rings is 2.